The second-order valence-corrected chi connectivity index (χ2v) is 6.80. The van der Waals surface area contributed by atoms with Gasteiger partial charge in [-0.2, -0.15) is 13.2 Å². The first-order valence-electron chi connectivity index (χ1n) is 8.04. The number of halogens is 3. The summed E-state index contributed by atoms with van der Waals surface area (Å²) in [6, 6.07) is 0.978. The predicted molar refractivity (Wildman–Crippen MR) is 72.4 cm³/mol. The normalized spacial score (nSPS) is 42.9. The Balaban J connectivity index is 1.61. The van der Waals surface area contributed by atoms with Gasteiger partial charge < -0.3 is 5.32 Å². The second kappa shape index (κ2) is 5.48. The molecule has 0 spiro atoms. The van der Waals surface area contributed by atoms with Crippen LogP contribution in [0.25, 0.3) is 0 Å². The topological polar surface area (TPSA) is 15.3 Å². The van der Waals surface area contributed by atoms with Gasteiger partial charge in [0.15, 0.2) is 0 Å². The van der Waals surface area contributed by atoms with Crippen LogP contribution in [0.2, 0.25) is 0 Å². The van der Waals surface area contributed by atoms with Crippen molar-refractivity contribution in [3.63, 3.8) is 0 Å². The number of hydrogen-bond donors (Lipinski definition) is 1. The Kier molecular flexibility index (Phi) is 4.01. The van der Waals surface area contributed by atoms with Crippen molar-refractivity contribution in [1.82, 2.24) is 10.2 Å². The van der Waals surface area contributed by atoms with E-state index in [0.717, 1.165) is 50.7 Å². The van der Waals surface area contributed by atoms with Gasteiger partial charge in [0.2, 0.25) is 0 Å². The molecule has 3 atom stereocenters. The number of nitrogens with one attached hydrogen (secondary N) is 1. The van der Waals surface area contributed by atoms with E-state index in [9.17, 15) is 13.2 Å². The molecular weight excluding hydrogens is 265 g/mol. The molecule has 20 heavy (non-hydrogen) atoms. The number of likely N-dealkylation sites (tertiary alicyclic amines) is 1. The highest BCUT2D eigenvalue weighted by molar-refractivity contribution is 5.00. The minimum Gasteiger partial charge on any atom is -0.316 e. The molecule has 1 saturated carbocycles. The maximum absolute atomic E-state index is 12.8. The van der Waals surface area contributed by atoms with E-state index in [-0.39, 0.29) is 0 Å². The van der Waals surface area contributed by atoms with E-state index in [4.69, 9.17) is 0 Å². The number of rotatable bonds is 2. The molecule has 2 saturated heterocycles. The summed E-state index contributed by atoms with van der Waals surface area (Å²) in [7, 11) is 0. The second-order valence-electron chi connectivity index (χ2n) is 6.80. The van der Waals surface area contributed by atoms with Gasteiger partial charge in [-0.15, -0.1) is 0 Å². The Morgan fingerprint density at radius 2 is 1.80 bits per heavy atom. The minimum absolute atomic E-state index is 0.328. The lowest BCUT2D eigenvalue weighted by Gasteiger charge is -2.39. The summed E-state index contributed by atoms with van der Waals surface area (Å²) in [5.41, 5.74) is 0. The van der Waals surface area contributed by atoms with Crippen molar-refractivity contribution in [1.29, 1.82) is 0 Å². The zero-order valence-corrected chi connectivity index (χ0v) is 12.1. The SMILES string of the molecule is CCC1C2CNCC2CN1C1CCC(C(F)(F)F)CC1. The van der Waals surface area contributed by atoms with E-state index in [2.05, 4.69) is 17.1 Å². The van der Waals surface area contributed by atoms with Crippen LogP contribution in [0.4, 0.5) is 13.2 Å². The van der Waals surface area contributed by atoms with Crippen LogP contribution in [0.5, 0.6) is 0 Å². The molecule has 0 amide bonds. The Morgan fingerprint density at radius 3 is 2.40 bits per heavy atom. The van der Waals surface area contributed by atoms with E-state index < -0.39 is 12.1 Å². The first-order valence-corrected chi connectivity index (χ1v) is 8.04. The first-order chi connectivity index (χ1) is 9.50. The highest BCUT2D eigenvalue weighted by Gasteiger charge is 2.48. The van der Waals surface area contributed by atoms with Crippen LogP contribution in [-0.2, 0) is 0 Å². The van der Waals surface area contributed by atoms with Gasteiger partial charge >= 0.3 is 6.18 Å². The fourth-order valence-corrected chi connectivity index (χ4v) is 4.75. The van der Waals surface area contributed by atoms with E-state index >= 15 is 0 Å². The molecule has 1 N–H and O–H groups in total. The van der Waals surface area contributed by atoms with Gasteiger partial charge in [-0.1, -0.05) is 6.92 Å². The van der Waals surface area contributed by atoms with Crippen molar-refractivity contribution >= 4 is 0 Å². The van der Waals surface area contributed by atoms with Crippen LogP contribution in [0.1, 0.15) is 39.0 Å². The molecule has 116 valence electrons. The van der Waals surface area contributed by atoms with Crippen LogP contribution >= 0.6 is 0 Å². The largest absolute Gasteiger partial charge is 0.391 e. The van der Waals surface area contributed by atoms with Gasteiger partial charge in [0.1, 0.15) is 0 Å². The molecule has 0 bridgehead atoms. The van der Waals surface area contributed by atoms with E-state index in [1.54, 1.807) is 0 Å². The highest BCUT2D eigenvalue weighted by Crippen LogP contribution is 2.42. The van der Waals surface area contributed by atoms with Gasteiger partial charge in [-0.3, -0.25) is 4.90 Å². The lowest BCUT2D eigenvalue weighted by molar-refractivity contribution is -0.184. The molecule has 3 unspecified atom stereocenters. The summed E-state index contributed by atoms with van der Waals surface area (Å²) in [5, 5.41) is 3.46. The van der Waals surface area contributed by atoms with Gasteiger partial charge in [0.05, 0.1) is 5.92 Å². The molecule has 0 aromatic heterocycles. The van der Waals surface area contributed by atoms with Crippen molar-refractivity contribution in [2.75, 3.05) is 19.6 Å². The van der Waals surface area contributed by atoms with Crippen LogP contribution < -0.4 is 5.32 Å². The van der Waals surface area contributed by atoms with Crippen LogP contribution in [0.3, 0.4) is 0 Å². The van der Waals surface area contributed by atoms with Crippen LogP contribution in [0, 0.1) is 17.8 Å². The average Bonchev–Trinajstić information content (AvgIpc) is 2.97. The van der Waals surface area contributed by atoms with Crippen molar-refractivity contribution in [2.24, 2.45) is 17.8 Å². The fraction of sp³-hybridized carbons (Fsp3) is 1.00. The van der Waals surface area contributed by atoms with Crippen LogP contribution in [-0.4, -0.2) is 42.8 Å². The van der Waals surface area contributed by atoms with Crippen LogP contribution in [0.15, 0.2) is 0 Å². The molecular formula is C15H25F3N2. The zero-order valence-electron chi connectivity index (χ0n) is 12.1. The molecule has 3 aliphatic rings. The lowest BCUT2D eigenvalue weighted by atomic mass is 9.84. The minimum atomic E-state index is -3.99. The third-order valence-electron chi connectivity index (χ3n) is 5.80. The highest BCUT2D eigenvalue weighted by atomic mass is 19.4. The number of hydrogen-bond acceptors (Lipinski definition) is 2. The summed E-state index contributed by atoms with van der Waals surface area (Å²) in [5.74, 6) is 0.392. The maximum atomic E-state index is 12.8. The predicted octanol–water partition coefficient (Wildman–Crippen LogP) is 3.04. The molecule has 2 aliphatic heterocycles. The molecule has 0 aromatic carbocycles. The molecule has 0 radical (unpaired) electrons. The van der Waals surface area contributed by atoms with Gasteiger partial charge in [0.25, 0.3) is 0 Å². The molecule has 5 heteroatoms. The fourth-order valence-electron chi connectivity index (χ4n) is 4.75. The van der Waals surface area contributed by atoms with Crippen molar-refractivity contribution in [3.8, 4) is 0 Å². The van der Waals surface area contributed by atoms with Gasteiger partial charge in [-0.25, -0.2) is 0 Å². The molecule has 0 aromatic rings. The smallest absolute Gasteiger partial charge is 0.316 e. The Labute approximate surface area is 119 Å². The maximum Gasteiger partial charge on any atom is 0.391 e. The Hall–Kier alpha value is -0.290. The molecule has 2 heterocycles. The zero-order chi connectivity index (χ0) is 14.3. The van der Waals surface area contributed by atoms with Gasteiger partial charge in [0, 0.05) is 18.6 Å². The third kappa shape index (κ3) is 2.59. The molecule has 3 fully saturated rings. The number of fused-ring (bicyclic) bond motifs is 1. The monoisotopic (exact) mass is 290 g/mol. The average molecular weight is 290 g/mol. The molecule has 3 rings (SSSR count). The van der Waals surface area contributed by atoms with E-state index in [0.29, 0.717) is 24.9 Å². The van der Waals surface area contributed by atoms with Gasteiger partial charge in [-0.05, 0) is 57.0 Å². The quantitative estimate of drug-likeness (QED) is 0.841. The summed E-state index contributed by atoms with van der Waals surface area (Å²) < 4.78 is 38.3. The van der Waals surface area contributed by atoms with Crippen molar-refractivity contribution < 1.29 is 13.2 Å². The summed E-state index contributed by atoms with van der Waals surface area (Å²) >= 11 is 0. The molecule has 1 aliphatic carbocycles. The third-order valence-corrected chi connectivity index (χ3v) is 5.80. The lowest BCUT2D eigenvalue weighted by Crippen LogP contribution is -2.45. The standard InChI is InChI=1S/C15H25F3N2/c1-2-14-13-8-19-7-10(13)9-20(14)12-5-3-11(4-6-12)15(16,17)18/h10-14,19H,2-9H2,1H3. The summed E-state index contributed by atoms with van der Waals surface area (Å²) in [4.78, 5) is 2.56. The number of alkyl halides is 3. The number of nitrogens with zero attached hydrogens (tertiary/aromatic N) is 1. The van der Waals surface area contributed by atoms with Crippen molar-refractivity contribution in [2.45, 2.75) is 57.3 Å². The van der Waals surface area contributed by atoms with Crippen molar-refractivity contribution in [3.05, 3.63) is 0 Å². The molecule has 2 nitrogen and oxygen atoms in total. The van der Waals surface area contributed by atoms with E-state index in [1.165, 1.54) is 0 Å². The summed E-state index contributed by atoms with van der Waals surface area (Å²) in [6.07, 6.45) is -0.743. The summed E-state index contributed by atoms with van der Waals surface area (Å²) in [6.45, 7) is 5.50. The first kappa shape index (κ1) is 14.6. The van der Waals surface area contributed by atoms with E-state index in [1.807, 2.05) is 0 Å². The Morgan fingerprint density at radius 1 is 1.10 bits per heavy atom. The Bertz CT molecular complexity index is 337.